The molecule has 4 nitrogen and oxygen atoms in total. The summed E-state index contributed by atoms with van der Waals surface area (Å²) in [5.41, 5.74) is 0. The van der Waals surface area contributed by atoms with Gasteiger partial charge in [-0.1, -0.05) is 0 Å². The first kappa shape index (κ1) is 15.5. The molecule has 2 aliphatic rings. The van der Waals surface area contributed by atoms with Crippen LogP contribution in [-0.4, -0.2) is 61.5 Å². The summed E-state index contributed by atoms with van der Waals surface area (Å²) in [7, 11) is -3.17. The number of rotatable bonds is 5. The van der Waals surface area contributed by atoms with E-state index < -0.39 is 15.3 Å². The molecule has 2 aliphatic heterocycles. The van der Waals surface area contributed by atoms with Gasteiger partial charge in [0.1, 0.15) is 0 Å². The summed E-state index contributed by atoms with van der Waals surface area (Å²) in [4.78, 5) is 2.52. The maximum Gasteiger partial charge on any atom is 0.217 e. The van der Waals surface area contributed by atoms with E-state index in [1.165, 1.54) is 25.9 Å². The first-order chi connectivity index (χ1) is 9.04. The van der Waals surface area contributed by atoms with Gasteiger partial charge >= 0.3 is 0 Å². The van der Waals surface area contributed by atoms with E-state index in [0.717, 1.165) is 19.4 Å². The van der Waals surface area contributed by atoms with Gasteiger partial charge in [-0.05, 0) is 51.6 Å². The zero-order valence-electron chi connectivity index (χ0n) is 11.7. The third-order valence-electron chi connectivity index (χ3n) is 4.37. The summed E-state index contributed by atoms with van der Waals surface area (Å²) in [5.74, 6) is 0.839. The Kier molecular flexibility index (Phi) is 5.52. The van der Waals surface area contributed by atoms with Gasteiger partial charge in [0.05, 0.1) is 5.25 Å². The fourth-order valence-corrected chi connectivity index (χ4v) is 4.88. The van der Waals surface area contributed by atoms with Gasteiger partial charge in [-0.2, -0.15) is 0 Å². The van der Waals surface area contributed by atoms with Crippen molar-refractivity contribution in [2.75, 3.05) is 38.6 Å². The first-order valence-corrected chi connectivity index (χ1v) is 9.35. The zero-order valence-corrected chi connectivity index (χ0v) is 13.3. The molecule has 2 saturated heterocycles. The Labute approximate surface area is 122 Å². The Morgan fingerprint density at radius 1 is 1.16 bits per heavy atom. The highest BCUT2D eigenvalue weighted by atomic mass is 35.5. The van der Waals surface area contributed by atoms with E-state index in [1.54, 1.807) is 11.2 Å². The number of nitrogens with zero attached hydrogens (tertiary/aromatic N) is 2. The molecule has 0 aromatic heterocycles. The molecule has 0 radical (unpaired) electrons. The lowest BCUT2D eigenvalue weighted by molar-refractivity contribution is 0.205. The van der Waals surface area contributed by atoms with Crippen LogP contribution in [0.15, 0.2) is 0 Å². The van der Waals surface area contributed by atoms with Gasteiger partial charge < -0.3 is 4.90 Å². The van der Waals surface area contributed by atoms with Crippen LogP contribution in [0.1, 0.15) is 32.6 Å². The largest absolute Gasteiger partial charge is 0.303 e. The molecule has 0 aromatic rings. The predicted molar refractivity (Wildman–Crippen MR) is 79.1 cm³/mol. The average molecular weight is 309 g/mol. The molecule has 0 bridgehead atoms. The maximum atomic E-state index is 12.2. The number of likely N-dealkylation sites (tertiary alicyclic amines) is 1. The summed E-state index contributed by atoms with van der Waals surface area (Å²) in [6.07, 6.45) is 4.62. The van der Waals surface area contributed by atoms with E-state index >= 15 is 0 Å². The van der Waals surface area contributed by atoms with Crippen LogP contribution >= 0.6 is 11.6 Å². The molecule has 2 rings (SSSR count). The van der Waals surface area contributed by atoms with Crippen LogP contribution in [0.5, 0.6) is 0 Å². The normalized spacial score (nSPS) is 25.8. The molecule has 1 unspecified atom stereocenters. The molecular weight excluding hydrogens is 284 g/mol. The lowest BCUT2D eigenvalue weighted by atomic mass is 9.98. The van der Waals surface area contributed by atoms with E-state index in [-0.39, 0.29) is 5.88 Å². The number of sulfonamides is 1. The number of halogens is 1. The first-order valence-electron chi connectivity index (χ1n) is 7.31. The molecule has 6 heteroatoms. The Balaban J connectivity index is 1.81. The molecule has 19 heavy (non-hydrogen) atoms. The third-order valence-corrected chi connectivity index (χ3v) is 7.29. The molecule has 0 amide bonds. The molecule has 0 aliphatic carbocycles. The highest BCUT2D eigenvalue weighted by molar-refractivity contribution is 7.89. The Bertz CT molecular complexity index is 374. The summed E-state index contributed by atoms with van der Waals surface area (Å²) < 4.78 is 26.0. The smallest absolute Gasteiger partial charge is 0.217 e. The van der Waals surface area contributed by atoms with E-state index in [1.807, 2.05) is 0 Å². The molecule has 0 saturated carbocycles. The quantitative estimate of drug-likeness (QED) is 0.727. The minimum absolute atomic E-state index is 0.177. The van der Waals surface area contributed by atoms with Crippen LogP contribution in [0.25, 0.3) is 0 Å². The van der Waals surface area contributed by atoms with Gasteiger partial charge in [0.25, 0.3) is 0 Å². The topological polar surface area (TPSA) is 40.6 Å². The van der Waals surface area contributed by atoms with E-state index in [2.05, 4.69) is 4.90 Å². The van der Waals surface area contributed by atoms with Gasteiger partial charge in [-0.25, -0.2) is 12.7 Å². The van der Waals surface area contributed by atoms with Crippen LogP contribution in [0.4, 0.5) is 0 Å². The van der Waals surface area contributed by atoms with Crippen molar-refractivity contribution in [3.63, 3.8) is 0 Å². The molecule has 2 heterocycles. The van der Waals surface area contributed by atoms with Gasteiger partial charge in [0, 0.05) is 25.5 Å². The van der Waals surface area contributed by atoms with Crippen LogP contribution < -0.4 is 0 Å². The van der Waals surface area contributed by atoms with Gasteiger partial charge in [-0.3, -0.25) is 0 Å². The maximum absolute atomic E-state index is 12.2. The second-order valence-electron chi connectivity index (χ2n) is 5.86. The monoisotopic (exact) mass is 308 g/mol. The summed E-state index contributed by atoms with van der Waals surface area (Å²) >= 11 is 5.69. The van der Waals surface area contributed by atoms with Crippen LogP contribution in [0.2, 0.25) is 0 Å². The fourth-order valence-electron chi connectivity index (χ4n) is 3.01. The van der Waals surface area contributed by atoms with E-state index in [4.69, 9.17) is 11.6 Å². The summed E-state index contributed by atoms with van der Waals surface area (Å²) in [6, 6.07) is 0. The van der Waals surface area contributed by atoms with Crippen molar-refractivity contribution in [2.24, 2.45) is 5.92 Å². The molecular formula is C13H25ClN2O2S. The van der Waals surface area contributed by atoms with Crippen molar-refractivity contribution in [1.29, 1.82) is 0 Å². The number of alkyl halides is 1. The lowest BCUT2D eigenvalue weighted by Crippen LogP contribution is -2.44. The minimum atomic E-state index is -3.17. The van der Waals surface area contributed by atoms with Crippen molar-refractivity contribution in [3.05, 3.63) is 0 Å². The highest BCUT2D eigenvalue weighted by Crippen LogP contribution is 2.24. The Hall–Kier alpha value is 0.160. The van der Waals surface area contributed by atoms with Crippen molar-refractivity contribution in [3.8, 4) is 0 Å². The Morgan fingerprint density at radius 3 is 2.26 bits per heavy atom. The van der Waals surface area contributed by atoms with Gasteiger partial charge in [-0.15, -0.1) is 11.6 Å². The summed E-state index contributed by atoms with van der Waals surface area (Å²) in [5, 5.41) is -0.468. The molecule has 0 aromatic carbocycles. The number of piperidine rings is 1. The molecule has 0 N–H and O–H groups in total. The Morgan fingerprint density at radius 2 is 1.74 bits per heavy atom. The highest BCUT2D eigenvalue weighted by Gasteiger charge is 2.32. The fraction of sp³-hybridized carbons (Fsp3) is 1.00. The predicted octanol–water partition coefficient (Wildman–Crippen LogP) is 1.75. The van der Waals surface area contributed by atoms with Crippen molar-refractivity contribution in [2.45, 2.75) is 37.9 Å². The standard InChI is InChI=1S/C13H25ClN2O2S/c1-12(10-14)19(17,18)16-8-4-13(5-9-16)11-15-6-2-3-7-15/h12-13H,2-11H2,1H3. The van der Waals surface area contributed by atoms with Crippen molar-refractivity contribution in [1.82, 2.24) is 9.21 Å². The molecule has 112 valence electrons. The second kappa shape index (κ2) is 6.74. The lowest BCUT2D eigenvalue weighted by Gasteiger charge is -2.34. The van der Waals surface area contributed by atoms with Crippen LogP contribution in [0.3, 0.4) is 0 Å². The number of hydrogen-bond acceptors (Lipinski definition) is 3. The number of hydrogen-bond donors (Lipinski definition) is 0. The van der Waals surface area contributed by atoms with Gasteiger partial charge in [0.15, 0.2) is 0 Å². The SMILES string of the molecule is CC(CCl)S(=O)(=O)N1CCC(CN2CCCC2)CC1. The molecule has 1 atom stereocenters. The molecule has 0 spiro atoms. The van der Waals surface area contributed by atoms with Gasteiger partial charge in [0.2, 0.25) is 10.0 Å². The zero-order chi connectivity index (χ0) is 13.9. The summed E-state index contributed by atoms with van der Waals surface area (Å²) in [6.45, 7) is 6.63. The molecule has 2 fully saturated rings. The van der Waals surface area contributed by atoms with E-state index in [9.17, 15) is 8.42 Å². The van der Waals surface area contributed by atoms with Crippen molar-refractivity contribution < 1.29 is 8.42 Å². The average Bonchev–Trinajstić information content (AvgIpc) is 2.91. The van der Waals surface area contributed by atoms with Crippen molar-refractivity contribution >= 4 is 21.6 Å². The van der Waals surface area contributed by atoms with Crippen LogP contribution in [0, 0.1) is 5.92 Å². The van der Waals surface area contributed by atoms with E-state index in [0.29, 0.717) is 19.0 Å². The minimum Gasteiger partial charge on any atom is -0.303 e. The third kappa shape index (κ3) is 3.84. The van der Waals surface area contributed by atoms with Crippen LogP contribution in [-0.2, 0) is 10.0 Å². The second-order valence-corrected chi connectivity index (χ2v) is 8.52.